The minimum absolute atomic E-state index is 0.122. The van der Waals surface area contributed by atoms with Gasteiger partial charge < -0.3 is 5.73 Å². The molecule has 1 rings (SSSR count). The largest absolute Gasteiger partial charge is 0.324 e. The fourth-order valence-corrected chi connectivity index (χ4v) is 1.27. The van der Waals surface area contributed by atoms with Gasteiger partial charge in [-0.05, 0) is 24.5 Å². The summed E-state index contributed by atoms with van der Waals surface area (Å²) in [4.78, 5) is 10.2. The summed E-state index contributed by atoms with van der Waals surface area (Å²) in [5, 5.41) is 10.6. The Balaban J connectivity index is 3.20. The predicted molar refractivity (Wildman–Crippen MR) is 55.1 cm³/mol. The van der Waals surface area contributed by atoms with E-state index < -0.39 is 0 Å². The maximum absolute atomic E-state index is 10.6. The number of nitrogens with two attached hydrogens (primary N) is 1. The van der Waals surface area contributed by atoms with E-state index in [1.165, 1.54) is 6.07 Å². The van der Waals surface area contributed by atoms with E-state index in [9.17, 15) is 10.1 Å². The third-order valence-electron chi connectivity index (χ3n) is 2.14. The number of benzene rings is 1. The fraction of sp³-hybridized carbons (Fsp3) is 0.400. The van der Waals surface area contributed by atoms with E-state index in [2.05, 4.69) is 0 Å². The van der Waals surface area contributed by atoms with Crippen LogP contribution in [0.1, 0.15) is 31.0 Å². The quantitative estimate of drug-likeness (QED) is 0.592. The Hall–Kier alpha value is -1.42. The molecule has 0 saturated heterocycles. The average Bonchev–Trinajstić information content (AvgIpc) is 2.16. The highest BCUT2D eigenvalue weighted by Crippen LogP contribution is 2.21. The van der Waals surface area contributed by atoms with Crippen molar-refractivity contribution in [1.29, 1.82) is 0 Å². The van der Waals surface area contributed by atoms with Crippen LogP contribution < -0.4 is 5.73 Å². The molecular weight excluding hydrogens is 180 g/mol. The molecular formula is C10H14N2O2. The molecule has 14 heavy (non-hydrogen) atoms. The van der Waals surface area contributed by atoms with Crippen LogP contribution in [0.4, 0.5) is 5.69 Å². The lowest BCUT2D eigenvalue weighted by Crippen LogP contribution is -2.06. The number of non-ortho nitro benzene ring substituents is 1. The van der Waals surface area contributed by atoms with Crippen molar-refractivity contribution in [2.45, 2.75) is 26.3 Å². The number of rotatable bonds is 3. The van der Waals surface area contributed by atoms with Gasteiger partial charge in [0.25, 0.3) is 5.69 Å². The second-order valence-electron chi connectivity index (χ2n) is 3.33. The second-order valence-corrected chi connectivity index (χ2v) is 3.33. The second kappa shape index (κ2) is 4.19. The summed E-state index contributed by atoms with van der Waals surface area (Å²) in [6.45, 7) is 3.78. The van der Waals surface area contributed by atoms with Gasteiger partial charge in [-0.25, -0.2) is 0 Å². The normalized spacial score (nSPS) is 12.5. The smallest absolute Gasteiger partial charge is 0.270 e. The SMILES string of the molecule is CCc1cc(C(C)N)cc([N+](=O)[O-])c1. The van der Waals surface area contributed by atoms with Crippen LogP contribution in [0.15, 0.2) is 18.2 Å². The zero-order valence-corrected chi connectivity index (χ0v) is 8.36. The molecule has 1 atom stereocenters. The molecule has 0 aromatic heterocycles. The van der Waals surface area contributed by atoms with Gasteiger partial charge in [-0.1, -0.05) is 13.0 Å². The summed E-state index contributed by atoms with van der Waals surface area (Å²) in [7, 11) is 0. The number of nitro benzene ring substituents is 1. The fourth-order valence-electron chi connectivity index (χ4n) is 1.27. The van der Waals surface area contributed by atoms with Crippen molar-refractivity contribution >= 4 is 5.69 Å². The molecule has 0 heterocycles. The molecule has 0 fully saturated rings. The van der Waals surface area contributed by atoms with Crippen molar-refractivity contribution < 1.29 is 4.92 Å². The first kappa shape index (κ1) is 10.7. The first-order valence-electron chi connectivity index (χ1n) is 4.58. The number of hydrogen-bond donors (Lipinski definition) is 1. The molecule has 1 aromatic rings. The summed E-state index contributed by atoms with van der Waals surface area (Å²) in [6.07, 6.45) is 0.779. The minimum atomic E-state index is -0.384. The number of nitro groups is 1. The van der Waals surface area contributed by atoms with Crippen molar-refractivity contribution in [3.63, 3.8) is 0 Å². The molecule has 1 aromatic carbocycles. The van der Waals surface area contributed by atoms with Gasteiger partial charge in [0, 0.05) is 18.2 Å². The van der Waals surface area contributed by atoms with Gasteiger partial charge in [-0.2, -0.15) is 0 Å². The molecule has 1 unspecified atom stereocenters. The van der Waals surface area contributed by atoms with Crippen LogP contribution in [0.3, 0.4) is 0 Å². The third kappa shape index (κ3) is 2.29. The van der Waals surface area contributed by atoms with Crippen LogP contribution in [0.2, 0.25) is 0 Å². The van der Waals surface area contributed by atoms with Crippen molar-refractivity contribution in [2.24, 2.45) is 5.73 Å². The number of aryl methyl sites for hydroxylation is 1. The molecule has 4 heteroatoms. The molecule has 4 nitrogen and oxygen atoms in total. The van der Waals surface area contributed by atoms with Crippen LogP contribution in [-0.4, -0.2) is 4.92 Å². The Kier molecular flexibility index (Phi) is 3.19. The third-order valence-corrected chi connectivity index (χ3v) is 2.14. The molecule has 0 aliphatic heterocycles. The number of hydrogen-bond acceptors (Lipinski definition) is 3. The van der Waals surface area contributed by atoms with E-state index in [1.807, 2.05) is 19.9 Å². The first-order valence-corrected chi connectivity index (χ1v) is 4.58. The molecule has 0 amide bonds. The Morgan fingerprint density at radius 3 is 2.57 bits per heavy atom. The molecule has 76 valence electrons. The van der Waals surface area contributed by atoms with Crippen LogP contribution in [0.5, 0.6) is 0 Å². The molecule has 0 bridgehead atoms. The Morgan fingerprint density at radius 2 is 2.14 bits per heavy atom. The van der Waals surface area contributed by atoms with E-state index in [1.54, 1.807) is 6.07 Å². The lowest BCUT2D eigenvalue weighted by Gasteiger charge is -2.07. The zero-order valence-electron chi connectivity index (χ0n) is 8.36. The maximum Gasteiger partial charge on any atom is 0.270 e. The van der Waals surface area contributed by atoms with E-state index in [4.69, 9.17) is 5.73 Å². The van der Waals surface area contributed by atoms with Gasteiger partial charge in [0.2, 0.25) is 0 Å². The van der Waals surface area contributed by atoms with E-state index in [0.29, 0.717) is 0 Å². The van der Waals surface area contributed by atoms with Crippen molar-refractivity contribution in [3.05, 3.63) is 39.4 Å². The van der Waals surface area contributed by atoms with Gasteiger partial charge in [0.15, 0.2) is 0 Å². The molecule has 0 spiro atoms. The van der Waals surface area contributed by atoms with Crippen molar-refractivity contribution in [3.8, 4) is 0 Å². The average molecular weight is 194 g/mol. The summed E-state index contributed by atoms with van der Waals surface area (Å²) >= 11 is 0. The van der Waals surface area contributed by atoms with Gasteiger partial charge in [0.05, 0.1) is 4.92 Å². The zero-order chi connectivity index (χ0) is 10.7. The van der Waals surface area contributed by atoms with Gasteiger partial charge >= 0.3 is 0 Å². The van der Waals surface area contributed by atoms with Crippen molar-refractivity contribution in [2.75, 3.05) is 0 Å². The Labute approximate surface area is 82.9 Å². The lowest BCUT2D eigenvalue weighted by molar-refractivity contribution is -0.385. The predicted octanol–water partition coefficient (Wildman–Crippen LogP) is 2.18. The maximum atomic E-state index is 10.6. The number of nitrogens with zero attached hydrogens (tertiary/aromatic N) is 1. The van der Waals surface area contributed by atoms with Crippen LogP contribution in [0.25, 0.3) is 0 Å². The Morgan fingerprint density at radius 1 is 1.50 bits per heavy atom. The van der Waals surface area contributed by atoms with Gasteiger partial charge in [-0.15, -0.1) is 0 Å². The highest BCUT2D eigenvalue weighted by Gasteiger charge is 2.10. The monoisotopic (exact) mass is 194 g/mol. The van der Waals surface area contributed by atoms with Crippen LogP contribution in [-0.2, 0) is 6.42 Å². The molecule has 0 aliphatic carbocycles. The van der Waals surface area contributed by atoms with E-state index in [0.717, 1.165) is 17.5 Å². The molecule has 0 aliphatic rings. The lowest BCUT2D eigenvalue weighted by atomic mass is 10.0. The van der Waals surface area contributed by atoms with Crippen LogP contribution in [0, 0.1) is 10.1 Å². The first-order chi connectivity index (χ1) is 6.54. The molecule has 0 radical (unpaired) electrons. The van der Waals surface area contributed by atoms with E-state index in [-0.39, 0.29) is 16.7 Å². The highest BCUT2D eigenvalue weighted by atomic mass is 16.6. The minimum Gasteiger partial charge on any atom is -0.324 e. The van der Waals surface area contributed by atoms with Crippen molar-refractivity contribution in [1.82, 2.24) is 0 Å². The Bertz CT molecular complexity index is 348. The highest BCUT2D eigenvalue weighted by molar-refractivity contribution is 5.40. The molecule has 0 saturated carbocycles. The summed E-state index contributed by atoms with van der Waals surface area (Å²) in [5.74, 6) is 0. The van der Waals surface area contributed by atoms with Gasteiger partial charge in [0.1, 0.15) is 0 Å². The summed E-state index contributed by atoms with van der Waals surface area (Å²) in [6, 6.07) is 4.87. The van der Waals surface area contributed by atoms with Gasteiger partial charge in [-0.3, -0.25) is 10.1 Å². The van der Waals surface area contributed by atoms with E-state index >= 15 is 0 Å². The summed E-state index contributed by atoms with van der Waals surface area (Å²) in [5.41, 5.74) is 7.57. The topological polar surface area (TPSA) is 69.2 Å². The van der Waals surface area contributed by atoms with Crippen LogP contribution >= 0.6 is 0 Å². The summed E-state index contributed by atoms with van der Waals surface area (Å²) < 4.78 is 0. The standard InChI is InChI=1S/C10H14N2O2/c1-3-8-4-9(7(2)11)6-10(5-8)12(13)14/h4-7H,3,11H2,1-2H3. The molecule has 2 N–H and O–H groups in total.